The highest BCUT2D eigenvalue weighted by Crippen LogP contribution is 2.26. The second kappa shape index (κ2) is 6.75. The lowest BCUT2D eigenvalue weighted by atomic mass is 9.98. The molecule has 2 atom stereocenters. The number of aliphatic hydroxyl groups is 1. The molecule has 0 aliphatic carbocycles. The Labute approximate surface area is 135 Å². The van der Waals surface area contributed by atoms with Crippen LogP contribution in [-0.4, -0.2) is 28.4 Å². The predicted octanol–water partition coefficient (Wildman–Crippen LogP) is 2.34. The standard InChI is InChI=1S/C19H19NO3/c21-17(15-9-5-2-6-10-15)13-20-18(22)12-16(19(20)23)11-14-7-3-1-4-8-14/h1-10,16-17,21H,11-13H2/t16-,17+/m1/s1. The lowest BCUT2D eigenvalue weighted by molar-refractivity contribution is -0.141. The molecule has 0 saturated carbocycles. The molecule has 0 bridgehead atoms. The first-order valence-corrected chi connectivity index (χ1v) is 7.76. The third kappa shape index (κ3) is 3.48. The van der Waals surface area contributed by atoms with Crippen LogP contribution in [0.2, 0.25) is 0 Å². The molecular formula is C19H19NO3. The van der Waals surface area contributed by atoms with Crippen LogP contribution in [-0.2, 0) is 16.0 Å². The lowest BCUT2D eigenvalue weighted by Crippen LogP contribution is -2.34. The quantitative estimate of drug-likeness (QED) is 0.863. The smallest absolute Gasteiger partial charge is 0.233 e. The number of carbonyl (C=O) groups excluding carboxylic acids is 2. The van der Waals surface area contributed by atoms with Crippen LogP contribution in [0.1, 0.15) is 23.7 Å². The fourth-order valence-electron chi connectivity index (χ4n) is 2.95. The molecule has 2 aromatic carbocycles. The van der Waals surface area contributed by atoms with Crippen molar-refractivity contribution in [1.29, 1.82) is 0 Å². The van der Waals surface area contributed by atoms with E-state index in [0.29, 0.717) is 12.0 Å². The Balaban J connectivity index is 1.67. The van der Waals surface area contributed by atoms with E-state index in [0.717, 1.165) is 5.56 Å². The van der Waals surface area contributed by atoms with Gasteiger partial charge >= 0.3 is 0 Å². The first-order valence-electron chi connectivity index (χ1n) is 7.76. The van der Waals surface area contributed by atoms with E-state index in [1.807, 2.05) is 48.5 Å². The van der Waals surface area contributed by atoms with Gasteiger partial charge in [0.25, 0.3) is 0 Å². The van der Waals surface area contributed by atoms with Crippen molar-refractivity contribution in [2.24, 2.45) is 5.92 Å². The van der Waals surface area contributed by atoms with Gasteiger partial charge in [0, 0.05) is 6.42 Å². The van der Waals surface area contributed by atoms with Gasteiger partial charge in [0.2, 0.25) is 11.8 Å². The minimum atomic E-state index is -0.848. The van der Waals surface area contributed by atoms with Gasteiger partial charge in [0.1, 0.15) is 0 Å². The minimum Gasteiger partial charge on any atom is -0.387 e. The van der Waals surface area contributed by atoms with Gasteiger partial charge in [-0.3, -0.25) is 14.5 Å². The zero-order valence-electron chi connectivity index (χ0n) is 12.8. The molecule has 4 heteroatoms. The van der Waals surface area contributed by atoms with E-state index in [-0.39, 0.29) is 30.7 Å². The van der Waals surface area contributed by atoms with Crippen LogP contribution in [0, 0.1) is 5.92 Å². The molecule has 118 valence electrons. The number of aliphatic hydroxyl groups excluding tert-OH is 1. The summed E-state index contributed by atoms with van der Waals surface area (Å²) in [5.41, 5.74) is 1.75. The molecule has 0 aromatic heterocycles. The molecule has 2 aromatic rings. The highest BCUT2D eigenvalue weighted by atomic mass is 16.3. The third-order valence-electron chi connectivity index (χ3n) is 4.20. The Morgan fingerprint density at radius 2 is 1.61 bits per heavy atom. The average Bonchev–Trinajstić information content (AvgIpc) is 2.84. The molecule has 1 N–H and O–H groups in total. The summed E-state index contributed by atoms with van der Waals surface area (Å²) in [5.74, 6) is -0.715. The molecule has 1 fully saturated rings. The Kier molecular flexibility index (Phi) is 4.53. The van der Waals surface area contributed by atoms with E-state index >= 15 is 0 Å². The van der Waals surface area contributed by atoms with Crippen LogP contribution in [0.25, 0.3) is 0 Å². The molecule has 1 aliphatic heterocycles. The number of hydrogen-bond acceptors (Lipinski definition) is 3. The second-order valence-corrected chi connectivity index (χ2v) is 5.86. The van der Waals surface area contributed by atoms with Crippen LogP contribution in [0.5, 0.6) is 0 Å². The normalized spacial score (nSPS) is 19.2. The lowest BCUT2D eigenvalue weighted by Gasteiger charge is -2.19. The number of hydrogen-bond donors (Lipinski definition) is 1. The fraction of sp³-hybridized carbons (Fsp3) is 0.263. The SMILES string of the molecule is O=C1C[C@@H](Cc2ccccc2)C(=O)N1C[C@H](O)c1ccccc1. The van der Waals surface area contributed by atoms with Crippen molar-refractivity contribution in [2.45, 2.75) is 18.9 Å². The fourth-order valence-corrected chi connectivity index (χ4v) is 2.95. The molecule has 4 nitrogen and oxygen atoms in total. The van der Waals surface area contributed by atoms with Crippen molar-refractivity contribution in [3.8, 4) is 0 Å². The van der Waals surface area contributed by atoms with Gasteiger partial charge in [-0.05, 0) is 17.5 Å². The zero-order valence-corrected chi connectivity index (χ0v) is 12.8. The summed E-state index contributed by atoms with van der Waals surface area (Å²) in [6.07, 6.45) is -0.0712. The van der Waals surface area contributed by atoms with E-state index in [1.165, 1.54) is 4.90 Å². The predicted molar refractivity (Wildman–Crippen MR) is 86.4 cm³/mol. The van der Waals surface area contributed by atoms with Crippen molar-refractivity contribution in [1.82, 2.24) is 4.90 Å². The number of nitrogens with zero attached hydrogens (tertiary/aromatic N) is 1. The summed E-state index contributed by atoms with van der Waals surface area (Å²) in [5, 5.41) is 10.2. The molecule has 0 radical (unpaired) electrons. The van der Waals surface area contributed by atoms with Crippen molar-refractivity contribution >= 4 is 11.8 Å². The zero-order chi connectivity index (χ0) is 16.2. The summed E-state index contributed by atoms with van der Waals surface area (Å²) in [6.45, 7) is 0.0208. The molecule has 1 saturated heterocycles. The minimum absolute atomic E-state index is 0.0208. The topological polar surface area (TPSA) is 57.6 Å². The number of likely N-dealkylation sites (tertiary alicyclic amines) is 1. The summed E-state index contributed by atoms with van der Waals surface area (Å²) < 4.78 is 0. The van der Waals surface area contributed by atoms with Crippen LogP contribution >= 0.6 is 0 Å². The van der Waals surface area contributed by atoms with Crippen molar-refractivity contribution in [2.75, 3.05) is 6.54 Å². The molecule has 0 unspecified atom stereocenters. The average molecular weight is 309 g/mol. The number of amides is 2. The first kappa shape index (κ1) is 15.4. The largest absolute Gasteiger partial charge is 0.387 e. The van der Waals surface area contributed by atoms with E-state index < -0.39 is 6.10 Å². The molecular weight excluding hydrogens is 290 g/mol. The van der Waals surface area contributed by atoms with E-state index in [1.54, 1.807) is 12.1 Å². The Bertz CT molecular complexity index is 684. The van der Waals surface area contributed by atoms with Gasteiger partial charge in [-0.1, -0.05) is 60.7 Å². The van der Waals surface area contributed by atoms with Crippen LogP contribution < -0.4 is 0 Å². The van der Waals surface area contributed by atoms with Gasteiger partial charge < -0.3 is 5.11 Å². The van der Waals surface area contributed by atoms with Gasteiger partial charge in [0.15, 0.2) is 0 Å². The summed E-state index contributed by atoms with van der Waals surface area (Å²) in [6, 6.07) is 18.8. The van der Waals surface area contributed by atoms with Crippen LogP contribution in [0.15, 0.2) is 60.7 Å². The van der Waals surface area contributed by atoms with Crippen molar-refractivity contribution < 1.29 is 14.7 Å². The maximum absolute atomic E-state index is 12.5. The summed E-state index contributed by atoms with van der Waals surface area (Å²) >= 11 is 0. The highest BCUT2D eigenvalue weighted by Gasteiger charge is 2.39. The monoisotopic (exact) mass is 309 g/mol. The molecule has 1 aliphatic rings. The number of carbonyl (C=O) groups is 2. The van der Waals surface area contributed by atoms with Gasteiger partial charge in [-0.15, -0.1) is 0 Å². The molecule has 0 spiro atoms. The van der Waals surface area contributed by atoms with E-state index in [4.69, 9.17) is 0 Å². The van der Waals surface area contributed by atoms with Crippen LogP contribution in [0.3, 0.4) is 0 Å². The second-order valence-electron chi connectivity index (χ2n) is 5.86. The summed E-state index contributed by atoms with van der Waals surface area (Å²) in [7, 11) is 0. The van der Waals surface area contributed by atoms with Gasteiger partial charge in [0.05, 0.1) is 18.6 Å². The Morgan fingerprint density at radius 1 is 1.00 bits per heavy atom. The van der Waals surface area contributed by atoms with Crippen LogP contribution in [0.4, 0.5) is 0 Å². The van der Waals surface area contributed by atoms with Gasteiger partial charge in [-0.2, -0.15) is 0 Å². The summed E-state index contributed by atoms with van der Waals surface area (Å²) in [4.78, 5) is 25.8. The highest BCUT2D eigenvalue weighted by molar-refractivity contribution is 6.03. The molecule has 23 heavy (non-hydrogen) atoms. The number of rotatable bonds is 5. The van der Waals surface area contributed by atoms with Crippen molar-refractivity contribution in [3.63, 3.8) is 0 Å². The Hall–Kier alpha value is -2.46. The van der Waals surface area contributed by atoms with Gasteiger partial charge in [-0.25, -0.2) is 0 Å². The first-order chi connectivity index (χ1) is 11.1. The van der Waals surface area contributed by atoms with E-state index in [2.05, 4.69) is 0 Å². The van der Waals surface area contributed by atoms with Crippen molar-refractivity contribution in [3.05, 3.63) is 71.8 Å². The third-order valence-corrected chi connectivity index (χ3v) is 4.20. The number of benzene rings is 2. The maximum atomic E-state index is 12.5. The molecule has 1 heterocycles. The molecule has 2 amide bonds. The molecule has 3 rings (SSSR count). The number of imide groups is 1. The maximum Gasteiger partial charge on any atom is 0.233 e. The van der Waals surface area contributed by atoms with E-state index in [9.17, 15) is 14.7 Å². The number of β-amino-alcohol motifs (C(OH)–C–C–N with tert-alkyl or cyclic N) is 1. The Morgan fingerprint density at radius 3 is 2.26 bits per heavy atom.